The Morgan fingerprint density at radius 3 is 2.67 bits per heavy atom. The van der Waals surface area contributed by atoms with Crippen molar-refractivity contribution in [2.75, 3.05) is 0 Å². The Bertz CT molecular complexity index is 287. The van der Waals surface area contributed by atoms with E-state index in [2.05, 4.69) is 54.1 Å². The molecule has 0 bridgehead atoms. The molecule has 0 nitrogen and oxygen atoms in total. The summed E-state index contributed by atoms with van der Waals surface area (Å²) in [5, 5.41) is 0. The van der Waals surface area contributed by atoms with Crippen molar-refractivity contribution in [3.05, 3.63) is 46.0 Å². The number of hydrogen-bond donors (Lipinski definition) is 0. The van der Waals surface area contributed by atoms with Crippen LogP contribution in [0.3, 0.4) is 0 Å². The van der Waals surface area contributed by atoms with Crippen molar-refractivity contribution >= 4 is 15.9 Å². The van der Waals surface area contributed by atoms with Crippen LogP contribution in [0.25, 0.3) is 0 Å². The van der Waals surface area contributed by atoms with Gasteiger partial charge in [-0.1, -0.05) is 45.8 Å². The largest absolute Gasteiger partial charge is 0.0884 e. The number of rotatable bonds is 2. The summed E-state index contributed by atoms with van der Waals surface area (Å²) >= 11 is 3.53. The molecular formula is C11H13Br. The highest BCUT2D eigenvalue weighted by atomic mass is 79.9. The maximum Gasteiger partial charge on any atom is 0.0210 e. The molecule has 1 aromatic carbocycles. The SMILES string of the molecule is C/C=C(\C)Cc1ccccc1Br. The molecule has 0 fully saturated rings. The van der Waals surface area contributed by atoms with Gasteiger partial charge in [-0.05, 0) is 31.9 Å². The summed E-state index contributed by atoms with van der Waals surface area (Å²) in [5.74, 6) is 0. The van der Waals surface area contributed by atoms with Crippen molar-refractivity contribution in [1.82, 2.24) is 0 Å². The molecule has 1 rings (SSSR count). The number of benzene rings is 1. The van der Waals surface area contributed by atoms with Gasteiger partial charge < -0.3 is 0 Å². The van der Waals surface area contributed by atoms with Crippen molar-refractivity contribution in [3.63, 3.8) is 0 Å². The molecule has 0 aromatic heterocycles. The van der Waals surface area contributed by atoms with Crippen LogP contribution in [0, 0.1) is 0 Å². The summed E-state index contributed by atoms with van der Waals surface area (Å²) in [7, 11) is 0. The van der Waals surface area contributed by atoms with E-state index in [1.807, 2.05) is 6.07 Å². The highest BCUT2D eigenvalue weighted by molar-refractivity contribution is 9.10. The topological polar surface area (TPSA) is 0 Å². The zero-order chi connectivity index (χ0) is 8.97. The van der Waals surface area contributed by atoms with E-state index in [0.29, 0.717) is 0 Å². The summed E-state index contributed by atoms with van der Waals surface area (Å²) < 4.78 is 1.20. The third-order valence-corrected chi connectivity index (χ3v) is 2.69. The van der Waals surface area contributed by atoms with Crippen molar-refractivity contribution in [1.29, 1.82) is 0 Å². The van der Waals surface area contributed by atoms with Gasteiger partial charge >= 0.3 is 0 Å². The molecule has 0 radical (unpaired) electrons. The van der Waals surface area contributed by atoms with E-state index in [9.17, 15) is 0 Å². The third kappa shape index (κ3) is 2.49. The van der Waals surface area contributed by atoms with Gasteiger partial charge in [-0.3, -0.25) is 0 Å². The first kappa shape index (κ1) is 9.53. The minimum atomic E-state index is 1.04. The Balaban J connectivity index is 2.82. The fourth-order valence-electron chi connectivity index (χ4n) is 1.04. The Kier molecular flexibility index (Phi) is 3.54. The van der Waals surface area contributed by atoms with Crippen molar-refractivity contribution in [2.24, 2.45) is 0 Å². The molecule has 0 amide bonds. The molecule has 0 aliphatic rings. The lowest BCUT2D eigenvalue weighted by molar-refractivity contribution is 1.12. The van der Waals surface area contributed by atoms with Crippen LogP contribution in [0.2, 0.25) is 0 Å². The van der Waals surface area contributed by atoms with E-state index in [-0.39, 0.29) is 0 Å². The fraction of sp³-hybridized carbons (Fsp3) is 0.273. The third-order valence-electron chi connectivity index (χ3n) is 1.92. The fourth-order valence-corrected chi connectivity index (χ4v) is 1.47. The van der Waals surface area contributed by atoms with Crippen molar-refractivity contribution < 1.29 is 0 Å². The predicted octanol–water partition coefficient (Wildman–Crippen LogP) is 3.96. The average Bonchev–Trinajstić information content (AvgIpc) is 2.09. The molecule has 0 spiro atoms. The Morgan fingerprint density at radius 2 is 2.08 bits per heavy atom. The average molecular weight is 225 g/mol. The van der Waals surface area contributed by atoms with Crippen molar-refractivity contribution in [3.8, 4) is 0 Å². The number of hydrogen-bond acceptors (Lipinski definition) is 0. The highest BCUT2D eigenvalue weighted by Gasteiger charge is 1.97. The van der Waals surface area contributed by atoms with Gasteiger partial charge in [0.1, 0.15) is 0 Å². The van der Waals surface area contributed by atoms with Gasteiger partial charge in [-0.15, -0.1) is 0 Å². The van der Waals surface area contributed by atoms with Crippen LogP contribution in [0.5, 0.6) is 0 Å². The van der Waals surface area contributed by atoms with Crippen LogP contribution in [-0.4, -0.2) is 0 Å². The molecule has 0 saturated heterocycles. The summed E-state index contributed by atoms with van der Waals surface area (Å²) in [6.45, 7) is 4.23. The summed E-state index contributed by atoms with van der Waals surface area (Å²) in [5.41, 5.74) is 2.76. The first-order valence-corrected chi connectivity index (χ1v) is 4.88. The van der Waals surface area contributed by atoms with Gasteiger partial charge in [-0.2, -0.15) is 0 Å². The highest BCUT2D eigenvalue weighted by Crippen LogP contribution is 2.18. The van der Waals surface area contributed by atoms with E-state index in [1.54, 1.807) is 0 Å². The molecule has 0 atom stereocenters. The summed E-state index contributed by atoms with van der Waals surface area (Å²) in [4.78, 5) is 0. The Morgan fingerprint density at radius 1 is 1.42 bits per heavy atom. The van der Waals surface area contributed by atoms with Gasteiger partial charge in [0.25, 0.3) is 0 Å². The second-order valence-electron chi connectivity index (χ2n) is 2.90. The molecule has 1 heteroatoms. The van der Waals surface area contributed by atoms with Crippen LogP contribution in [0.15, 0.2) is 40.4 Å². The van der Waals surface area contributed by atoms with E-state index < -0.39 is 0 Å². The Hall–Kier alpha value is -0.560. The zero-order valence-electron chi connectivity index (χ0n) is 7.47. The molecule has 0 aliphatic heterocycles. The van der Waals surface area contributed by atoms with E-state index in [0.717, 1.165) is 6.42 Å². The van der Waals surface area contributed by atoms with Gasteiger partial charge in [0.05, 0.1) is 0 Å². The molecule has 64 valence electrons. The Labute approximate surface area is 82.4 Å². The van der Waals surface area contributed by atoms with Gasteiger partial charge in [0.2, 0.25) is 0 Å². The smallest absolute Gasteiger partial charge is 0.0210 e. The van der Waals surface area contributed by atoms with Gasteiger partial charge in [-0.25, -0.2) is 0 Å². The molecule has 1 aromatic rings. The molecule has 0 saturated carbocycles. The molecule has 0 aliphatic carbocycles. The molecular weight excluding hydrogens is 212 g/mol. The normalized spacial score (nSPS) is 11.8. The lowest BCUT2D eigenvalue weighted by atomic mass is 10.1. The molecule has 0 N–H and O–H groups in total. The first-order valence-electron chi connectivity index (χ1n) is 4.09. The van der Waals surface area contributed by atoms with Crippen LogP contribution in [0.1, 0.15) is 19.4 Å². The molecule has 0 unspecified atom stereocenters. The first-order chi connectivity index (χ1) is 5.74. The van der Waals surface area contributed by atoms with E-state index >= 15 is 0 Å². The van der Waals surface area contributed by atoms with Crippen LogP contribution >= 0.6 is 15.9 Å². The van der Waals surface area contributed by atoms with Crippen LogP contribution in [0.4, 0.5) is 0 Å². The predicted molar refractivity (Wildman–Crippen MR) is 57.3 cm³/mol. The van der Waals surface area contributed by atoms with Crippen LogP contribution in [-0.2, 0) is 6.42 Å². The molecule has 0 heterocycles. The quantitative estimate of drug-likeness (QED) is 0.668. The monoisotopic (exact) mass is 224 g/mol. The van der Waals surface area contributed by atoms with Gasteiger partial charge in [0, 0.05) is 4.47 Å². The summed E-state index contributed by atoms with van der Waals surface area (Å²) in [6.07, 6.45) is 3.19. The van der Waals surface area contributed by atoms with Gasteiger partial charge in [0.15, 0.2) is 0 Å². The minimum absolute atomic E-state index is 1.04. The lowest BCUT2D eigenvalue weighted by Crippen LogP contribution is -1.87. The maximum absolute atomic E-state index is 3.53. The lowest BCUT2D eigenvalue weighted by Gasteiger charge is -2.03. The summed E-state index contributed by atoms with van der Waals surface area (Å²) in [6, 6.07) is 8.34. The van der Waals surface area contributed by atoms with Crippen molar-refractivity contribution in [2.45, 2.75) is 20.3 Å². The minimum Gasteiger partial charge on any atom is -0.0884 e. The second kappa shape index (κ2) is 4.46. The zero-order valence-corrected chi connectivity index (χ0v) is 9.06. The maximum atomic E-state index is 3.53. The van der Waals surface area contributed by atoms with E-state index in [4.69, 9.17) is 0 Å². The second-order valence-corrected chi connectivity index (χ2v) is 3.76. The number of allylic oxidation sites excluding steroid dienone is 2. The number of halogens is 1. The van der Waals surface area contributed by atoms with E-state index in [1.165, 1.54) is 15.6 Å². The van der Waals surface area contributed by atoms with Crippen LogP contribution < -0.4 is 0 Å². The molecule has 12 heavy (non-hydrogen) atoms. The standard InChI is InChI=1S/C11H13Br/c1-3-9(2)8-10-6-4-5-7-11(10)12/h3-7H,8H2,1-2H3/b9-3+.